The third kappa shape index (κ3) is 6.11. The van der Waals surface area contributed by atoms with Crippen molar-refractivity contribution in [3.63, 3.8) is 0 Å². The predicted molar refractivity (Wildman–Crippen MR) is 102 cm³/mol. The van der Waals surface area contributed by atoms with Gasteiger partial charge >= 0.3 is 0 Å². The van der Waals surface area contributed by atoms with Crippen molar-refractivity contribution in [3.8, 4) is 0 Å². The van der Waals surface area contributed by atoms with Gasteiger partial charge in [-0.05, 0) is 37.1 Å². The van der Waals surface area contributed by atoms with Crippen LogP contribution in [-0.4, -0.2) is 12.3 Å². The first kappa shape index (κ1) is 17.0. The summed E-state index contributed by atoms with van der Waals surface area (Å²) in [6, 6.07) is 20.8. The molecule has 1 N–H and O–H groups in total. The number of nitrogens with one attached hydrogen (secondary N) is 1. The standard InChI is InChI=1S/C21H26N2/c1-3-18(17-22-20-11-7-5-8-12-20)15-16-19(4-2)23-21-13-9-6-10-14-21/h5-19,23H,3-4H2,1-2H3/t18?,19-/m0/s1. The lowest BCUT2D eigenvalue weighted by molar-refractivity contribution is 0.794. The van der Waals surface area contributed by atoms with E-state index in [1.165, 1.54) is 0 Å². The summed E-state index contributed by atoms with van der Waals surface area (Å²) in [5.74, 6) is 0.363. The highest BCUT2D eigenvalue weighted by Gasteiger charge is 2.03. The van der Waals surface area contributed by atoms with Crippen molar-refractivity contribution in [2.24, 2.45) is 10.9 Å². The van der Waals surface area contributed by atoms with E-state index in [4.69, 9.17) is 0 Å². The van der Waals surface area contributed by atoms with Gasteiger partial charge in [-0.3, -0.25) is 4.99 Å². The predicted octanol–water partition coefficient (Wildman–Crippen LogP) is 5.86. The Balaban J connectivity index is 1.95. The van der Waals surface area contributed by atoms with Gasteiger partial charge in [0, 0.05) is 23.9 Å². The second-order valence-electron chi connectivity index (χ2n) is 5.60. The van der Waals surface area contributed by atoms with Crippen molar-refractivity contribution in [3.05, 3.63) is 72.8 Å². The second-order valence-corrected chi connectivity index (χ2v) is 5.60. The summed E-state index contributed by atoms with van der Waals surface area (Å²) in [5.41, 5.74) is 2.17. The molecule has 2 atom stereocenters. The number of benzene rings is 2. The quantitative estimate of drug-likeness (QED) is 0.479. The van der Waals surface area contributed by atoms with Crippen molar-refractivity contribution in [1.82, 2.24) is 0 Å². The highest BCUT2D eigenvalue weighted by atomic mass is 14.9. The van der Waals surface area contributed by atoms with E-state index >= 15 is 0 Å². The van der Waals surface area contributed by atoms with Gasteiger partial charge in [-0.25, -0.2) is 0 Å². The van der Waals surface area contributed by atoms with Crippen LogP contribution in [0.5, 0.6) is 0 Å². The number of rotatable bonds is 8. The van der Waals surface area contributed by atoms with Gasteiger partial charge in [-0.1, -0.05) is 62.4 Å². The van der Waals surface area contributed by atoms with Gasteiger partial charge in [0.05, 0.1) is 5.69 Å². The van der Waals surface area contributed by atoms with Crippen molar-refractivity contribution >= 4 is 17.6 Å². The molecule has 0 aliphatic rings. The van der Waals surface area contributed by atoms with E-state index in [1.54, 1.807) is 0 Å². The molecule has 2 aromatic rings. The zero-order chi connectivity index (χ0) is 16.3. The topological polar surface area (TPSA) is 24.4 Å². The number of anilines is 1. The number of aliphatic imine (C=N–C) groups is 1. The molecular formula is C21H26N2. The Morgan fingerprint density at radius 2 is 1.52 bits per heavy atom. The Hall–Kier alpha value is -2.35. The molecule has 0 saturated heterocycles. The molecule has 2 rings (SSSR count). The average molecular weight is 306 g/mol. The molecule has 2 nitrogen and oxygen atoms in total. The molecular weight excluding hydrogens is 280 g/mol. The fraction of sp³-hybridized carbons (Fsp3) is 0.286. The van der Waals surface area contributed by atoms with Crippen LogP contribution in [0, 0.1) is 5.92 Å². The van der Waals surface area contributed by atoms with Crippen LogP contribution in [0.1, 0.15) is 26.7 Å². The monoisotopic (exact) mass is 306 g/mol. The van der Waals surface area contributed by atoms with Gasteiger partial charge < -0.3 is 5.32 Å². The molecule has 2 heteroatoms. The van der Waals surface area contributed by atoms with Crippen LogP contribution in [0.15, 0.2) is 77.8 Å². The number of para-hydroxylation sites is 2. The Morgan fingerprint density at radius 1 is 0.870 bits per heavy atom. The van der Waals surface area contributed by atoms with Gasteiger partial charge in [-0.2, -0.15) is 0 Å². The zero-order valence-corrected chi connectivity index (χ0v) is 14.0. The summed E-state index contributed by atoms with van der Waals surface area (Å²) < 4.78 is 0. The largest absolute Gasteiger partial charge is 0.379 e. The van der Waals surface area contributed by atoms with E-state index in [9.17, 15) is 0 Å². The minimum Gasteiger partial charge on any atom is -0.379 e. The van der Waals surface area contributed by atoms with Gasteiger partial charge in [0.25, 0.3) is 0 Å². The van der Waals surface area contributed by atoms with Gasteiger partial charge in [0.15, 0.2) is 0 Å². The molecule has 0 spiro atoms. The highest BCUT2D eigenvalue weighted by Crippen LogP contribution is 2.13. The molecule has 0 heterocycles. The minimum atomic E-state index is 0.344. The molecule has 2 aromatic carbocycles. The molecule has 0 fully saturated rings. The molecule has 0 saturated carbocycles. The summed E-state index contributed by atoms with van der Waals surface area (Å²) in [6.45, 7) is 4.39. The van der Waals surface area contributed by atoms with Crippen molar-refractivity contribution < 1.29 is 0 Å². The minimum absolute atomic E-state index is 0.344. The van der Waals surface area contributed by atoms with Crippen molar-refractivity contribution in [1.29, 1.82) is 0 Å². The highest BCUT2D eigenvalue weighted by molar-refractivity contribution is 5.67. The lowest BCUT2D eigenvalue weighted by Crippen LogP contribution is -2.15. The van der Waals surface area contributed by atoms with Gasteiger partial charge in [-0.15, -0.1) is 0 Å². The molecule has 0 amide bonds. The lowest BCUT2D eigenvalue weighted by Gasteiger charge is -2.15. The fourth-order valence-electron chi connectivity index (χ4n) is 2.30. The van der Waals surface area contributed by atoms with E-state index < -0.39 is 0 Å². The first-order valence-electron chi connectivity index (χ1n) is 8.41. The van der Waals surface area contributed by atoms with E-state index in [-0.39, 0.29) is 0 Å². The summed E-state index contributed by atoms with van der Waals surface area (Å²) in [7, 11) is 0. The molecule has 0 aromatic heterocycles. The van der Waals surface area contributed by atoms with E-state index in [0.29, 0.717) is 12.0 Å². The Kier molecular flexibility index (Phi) is 7.12. The van der Waals surface area contributed by atoms with Crippen LogP contribution in [0.4, 0.5) is 11.4 Å². The summed E-state index contributed by atoms with van der Waals surface area (Å²) in [6.07, 6.45) is 8.67. The molecule has 0 aliphatic heterocycles. The number of allylic oxidation sites excluding steroid dienone is 1. The molecule has 0 radical (unpaired) electrons. The third-order valence-electron chi connectivity index (χ3n) is 3.80. The van der Waals surface area contributed by atoms with Crippen LogP contribution in [0.3, 0.4) is 0 Å². The Morgan fingerprint density at radius 3 is 2.13 bits per heavy atom. The first-order valence-corrected chi connectivity index (χ1v) is 8.41. The Labute approximate surface area is 140 Å². The number of nitrogens with zero attached hydrogens (tertiary/aromatic N) is 1. The maximum Gasteiger partial charge on any atom is 0.0625 e. The number of hydrogen-bond acceptors (Lipinski definition) is 2. The zero-order valence-electron chi connectivity index (χ0n) is 14.0. The smallest absolute Gasteiger partial charge is 0.0625 e. The fourth-order valence-corrected chi connectivity index (χ4v) is 2.30. The SMILES string of the molecule is CCC(C=C[C@H](CC)Nc1ccccc1)C=Nc1ccccc1. The van der Waals surface area contributed by atoms with Crippen LogP contribution in [0.2, 0.25) is 0 Å². The first-order chi connectivity index (χ1) is 11.3. The van der Waals surface area contributed by atoms with Gasteiger partial charge in [0.2, 0.25) is 0 Å². The van der Waals surface area contributed by atoms with E-state index in [1.807, 2.05) is 42.6 Å². The van der Waals surface area contributed by atoms with Crippen molar-refractivity contribution in [2.75, 3.05) is 5.32 Å². The van der Waals surface area contributed by atoms with Crippen molar-refractivity contribution in [2.45, 2.75) is 32.7 Å². The summed E-state index contributed by atoms with van der Waals surface area (Å²) in [4.78, 5) is 4.57. The van der Waals surface area contributed by atoms with Crippen LogP contribution in [0.25, 0.3) is 0 Å². The lowest BCUT2D eigenvalue weighted by atomic mass is 10.1. The average Bonchev–Trinajstić information content (AvgIpc) is 2.62. The number of hydrogen-bond donors (Lipinski definition) is 1. The summed E-state index contributed by atoms with van der Waals surface area (Å²) >= 11 is 0. The van der Waals surface area contributed by atoms with Crippen LogP contribution >= 0.6 is 0 Å². The Bertz CT molecular complexity index is 602. The molecule has 120 valence electrons. The third-order valence-corrected chi connectivity index (χ3v) is 3.80. The van der Waals surface area contributed by atoms with Gasteiger partial charge in [0.1, 0.15) is 0 Å². The summed E-state index contributed by atoms with van der Waals surface area (Å²) in [5, 5.41) is 3.55. The maximum absolute atomic E-state index is 4.57. The van der Waals surface area contributed by atoms with Crippen LogP contribution < -0.4 is 5.32 Å². The molecule has 1 unspecified atom stereocenters. The molecule has 0 aliphatic carbocycles. The normalized spacial score (nSPS) is 14.2. The maximum atomic E-state index is 4.57. The molecule has 0 bridgehead atoms. The second kappa shape index (κ2) is 9.62. The van der Waals surface area contributed by atoms with E-state index in [0.717, 1.165) is 24.2 Å². The molecule has 23 heavy (non-hydrogen) atoms. The van der Waals surface area contributed by atoms with Crippen LogP contribution in [-0.2, 0) is 0 Å². The van der Waals surface area contributed by atoms with E-state index in [2.05, 4.69) is 60.6 Å².